The van der Waals surface area contributed by atoms with E-state index in [9.17, 15) is 31.1 Å². The number of alkyl halides is 6. The minimum Gasteiger partial charge on any atom is -0.337 e. The lowest BCUT2D eigenvalue weighted by Gasteiger charge is -2.15. The Labute approximate surface area is 161 Å². The number of rotatable bonds is 3. The lowest BCUT2D eigenvalue weighted by Crippen LogP contribution is -2.19. The van der Waals surface area contributed by atoms with E-state index in [1.807, 2.05) is 0 Å². The van der Waals surface area contributed by atoms with Crippen LogP contribution in [-0.4, -0.2) is 10.5 Å². The summed E-state index contributed by atoms with van der Waals surface area (Å²) in [7, 11) is 0. The average molecular weight is 414 g/mol. The van der Waals surface area contributed by atoms with Crippen molar-refractivity contribution in [3.63, 3.8) is 0 Å². The van der Waals surface area contributed by atoms with Crippen LogP contribution in [0.25, 0.3) is 10.9 Å². The van der Waals surface area contributed by atoms with Crippen LogP contribution in [0.5, 0.6) is 0 Å². The summed E-state index contributed by atoms with van der Waals surface area (Å²) in [5.41, 5.74) is -2.05. The Balaban J connectivity index is 2.08. The number of nitrogens with one attached hydrogen (secondary N) is 1. The van der Waals surface area contributed by atoms with Gasteiger partial charge in [-0.25, -0.2) is 0 Å². The van der Waals surface area contributed by atoms with Crippen molar-refractivity contribution in [2.24, 2.45) is 0 Å². The van der Waals surface area contributed by atoms with E-state index in [-0.39, 0.29) is 11.8 Å². The predicted molar refractivity (Wildman–Crippen MR) is 96.7 cm³/mol. The fourth-order valence-electron chi connectivity index (χ4n) is 3.32. The van der Waals surface area contributed by atoms with Crippen molar-refractivity contribution >= 4 is 22.5 Å². The largest absolute Gasteiger partial charge is 0.416 e. The van der Waals surface area contributed by atoms with E-state index in [2.05, 4.69) is 5.32 Å². The molecule has 2 aromatic carbocycles. The Hall–Kier alpha value is -2.97. The number of carbonyl (C=O) groups excluding carboxylic acids is 1. The highest BCUT2D eigenvalue weighted by Gasteiger charge is 2.37. The van der Waals surface area contributed by atoms with Gasteiger partial charge in [-0.3, -0.25) is 4.79 Å². The van der Waals surface area contributed by atoms with Gasteiger partial charge in [0, 0.05) is 23.1 Å². The van der Waals surface area contributed by atoms with Crippen molar-refractivity contribution in [1.29, 1.82) is 0 Å². The third kappa shape index (κ3) is 3.94. The van der Waals surface area contributed by atoms with Crippen LogP contribution in [0.3, 0.4) is 0 Å². The normalized spacial score (nSPS) is 12.4. The van der Waals surface area contributed by atoms with Crippen LogP contribution in [0.15, 0.2) is 42.5 Å². The summed E-state index contributed by atoms with van der Waals surface area (Å²) in [4.78, 5) is 12.8. The molecule has 0 atom stereocenters. The van der Waals surface area contributed by atoms with Crippen LogP contribution in [0, 0.1) is 6.92 Å². The molecule has 29 heavy (non-hydrogen) atoms. The maximum atomic E-state index is 13.0. The Morgan fingerprint density at radius 1 is 0.966 bits per heavy atom. The first-order valence-electron chi connectivity index (χ1n) is 8.62. The van der Waals surface area contributed by atoms with Crippen molar-refractivity contribution in [3.8, 4) is 0 Å². The van der Waals surface area contributed by atoms with Gasteiger partial charge in [0.25, 0.3) is 5.91 Å². The molecule has 3 aromatic rings. The topological polar surface area (TPSA) is 34.0 Å². The van der Waals surface area contributed by atoms with Gasteiger partial charge in [0.15, 0.2) is 0 Å². The Morgan fingerprint density at radius 2 is 1.52 bits per heavy atom. The van der Waals surface area contributed by atoms with Crippen LogP contribution in [0.1, 0.15) is 34.1 Å². The van der Waals surface area contributed by atoms with E-state index < -0.39 is 35.1 Å². The second-order valence-electron chi connectivity index (χ2n) is 6.48. The number of benzene rings is 2. The number of hydrogen-bond acceptors (Lipinski definition) is 1. The molecule has 0 fully saturated rings. The zero-order valence-electron chi connectivity index (χ0n) is 15.4. The van der Waals surface area contributed by atoms with Crippen molar-refractivity contribution in [2.45, 2.75) is 32.7 Å². The number of para-hydroxylation sites is 1. The van der Waals surface area contributed by atoms with Gasteiger partial charge in [-0.15, -0.1) is 0 Å². The van der Waals surface area contributed by atoms with Gasteiger partial charge in [-0.2, -0.15) is 26.3 Å². The molecule has 0 aliphatic rings. The maximum absolute atomic E-state index is 13.0. The van der Waals surface area contributed by atoms with Crippen molar-refractivity contribution in [1.82, 2.24) is 4.57 Å². The van der Waals surface area contributed by atoms with Gasteiger partial charge in [-0.1, -0.05) is 18.2 Å². The standard InChI is InChI=1S/C20H16F6N2O/c1-3-28-16-7-5-4-6-15(16)11(2)17(28)18(29)27-14-9-12(19(21,22)23)8-13(10-14)20(24,25)26/h4-10H,3H2,1-2H3,(H,27,29). The average Bonchev–Trinajstić information content (AvgIpc) is 2.92. The quantitative estimate of drug-likeness (QED) is 0.505. The van der Waals surface area contributed by atoms with Crippen LogP contribution >= 0.6 is 0 Å². The molecule has 0 radical (unpaired) electrons. The Morgan fingerprint density at radius 3 is 2.03 bits per heavy atom. The number of fused-ring (bicyclic) bond motifs is 1. The molecular weight excluding hydrogens is 398 g/mol. The van der Waals surface area contributed by atoms with Crippen molar-refractivity contribution < 1.29 is 31.1 Å². The number of aryl methyl sites for hydroxylation is 2. The third-order valence-electron chi connectivity index (χ3n) is 4.60. The fourth-order valence-corrected chi connectivity index (χ4v) is 3.32. The van der Waals surface area contributed by atoms with E-state index in [0.717, 1.165) is 10.9 Å². The molecule has 0 aliphatic heterocycles. The van der Waals surface area contributed by atoms with E-state index in [0.29, 0.717) is 24.2 Å². The number of nitrogens with zero attached hydrogens (tertiary/aromatic N) is 1. The second-order valence-corrected chi connectivity index (χ2v) is 6.48. The summed E-state index contributed by atoms with van der Waals surface area (Å²) >= 11 is 0. The van der Waals surface area contributed by atoms with E-state index in [4.69, 9.17) is 0 Å². The van der Waals surface area contributed by atoms with Crippen LogP contribution < -0.4 is 5.32 Å². The lowest BCUT2D eigenvalue weighted by molar-refractivity contribution is -0.143. The highest BCUT2D eigenvalue weighted by atomic mass is 19.4. The molecule has 1 aromatic heterocycles. The SMILES string of the molecule is CCn1c(C(=O)Nc2cc(C(F)(F)F)cc(C(F)(F)F)c2)c(C)c2ccccc21. The zero-order valence-corrected chi connectivity index (χ0v) is 15.4. The Kier molecular flexibility index (Phi) is 5.10. The molecule has 3 rings (SSSR count). The molecule has 3 nitrogen and oxygen atoms in total. The zero-order chi connectivity index (χ0) is 21.6. The number of amides is 1. The molecule has 0 aliphatic carbocycles. The maximum Gasteiger partial charge on any atom is 0.416 e. The molecule has 0 spiro atoms. The number of aromatic nitrogens is 1. The Bertz CT molecular complexity index is 1050. The fraction of sp³-hybridized carbons (Fsp3) is 0.250. The highest BCUT2D eigenvalue weighted by Crippen LogP contribution is 2.37. The predicted octanol–water partition coefficient (Wildman–Crippen LogP) is 6.26. The highest BCUT2D eigenvalue weighted by molar-refractivity contribution is 6.08. The minimum atomic E-state index is -4.99. The third-order valence-corrected chi connectivity index (χ3v) is 4.60. The van der Waals surface area contributed by atoms with Gasteiger partial charge in [-0.05, 0) is 43.7 Å². The van der Waals surface area contributed by atoms with E-state index in [1.165, 1.54) is 0 Å². The smallest absolute Gasteiger partial charge is 0.337 e. The molecule has 9 heteroatoms. The molecule has 1 N–H and O–H groups in total. The summed E-state index contributed by atoms with van der Waals surface area (Å²) in [6.07, 6.45) is -9.98. The van der Waals surface area contributed by atoms with Crippen LogP contribution in [0.4, 0.5) is 32.0 Å². The lowest BCUT2D eigenvalue weighted by atomic mass is 10.1. The molecule has 0 unspecified atom stereocenters. The summed E-state index contributed by atoms with van der Waals surface area (Å²) in [6.45, 7) is 3.86. The summed E-state index contributed by atoms with van der Waals surface area (Å²) < 4.78 is 79.9. The number of hydrogen-bond donors (Lipinski definition) is 1. The van der Waals surface area contributed by atoms with Crippen molar-refractivity contribution in [3.05, 3.63) is 64.8 Å². The molecule has 1 heterocycles. The number of anilines is 1. The molecule has 0 bridgehead atoms. The summed E-state index contributed by atoms with van der Waals surface area (Å²) in [5.74, 6) is -0.784. The first kappa shape index (κ1) is 20.8. The van der Waals surface area contributed by atoms with Crippen molar-refractivity contribution in [2.75, 3.05) is 5.32 Å². The van der Waals surface area contributed by atoms with Gasteiger partial charge in [0.05, 0.1) is 11.1 Å². The summed E-state index contributed by atoms with van der Waals surface area (Å²) in [6, 6.07) is 8.12. The van der Waals surface area contributed by atoms with Gasteiger partial charge >= 0.3 is 12.4 Å². The number of carbonyl (C=O) groups is 1. The molecule has 0 saturated carbocycles. The second kappa shape index (κ2) is 7.13. The van der Waals surface area contributed by atoms with Gasteiger partial charge in [0.1, 0.15) is 5.69 Å². The van der Waals surface area contributed by atoms with E-state index in [1.54, 1.807) is 42.7 Å². The number of halogens is 6. The summed E-state index contributed by atoms with van der Waals surface area (Å²) in [5, 5.41) is 2.98. The first-order valence-corrected chi connectivity index (χ1v) is 8.62. The monoisotopic (exact) mass is 414 g/mol. The van der Waals surface area contributed by atoms with Gasteiger partial charge < -0.3 is 9.88 Å². The molecule has 0 saturated heterocycles. The molecular formula is C20H16F6N2O. The van der Waals surface area contributed by atoms with Crippen LogP contribution in [-0.2, 0) is 18.9 Å². The molecule has 154 valence electrons. The first-order chi connectivity index (χ1) is 13.4. The van der Waals surface area contributed by atoms with Crippen LogP contribution in [0.2, 0.25) is 0 Å². The molecule has 1 amide bonds. The van der Waals surface area contributed by atoms with Gasteiger partial charge in [0.2, 0.25) is 0 Å². The minimum absolute atomic E-state index is 0.0178. The van der Waals surface area contributed by atoms with E-state index >= 15 is 0 Å².